The molecule has 1 aliphatic carbocycles. The molecule has 2 aliphatic rings. The fourth-order valence-electron chi connectivity index (χ4n) is 2.57. The van der Waals surface area contributed by atoms with Gasteiger partial charge in [0.15, 0.2) is 0 Å². The number of nitrogens with zero attached hydrogens (tertiary/aromatic N) is 2. The Bertz CT molecular complexity index is 272. The number of likely N-dealkylation sites (tertiary alicyclic amines) is 1. The van der Waals surface area contributed by atoms with Crippen LogP contribution in [0.25, 0.3) is 0 Å². The Labute approximate surface area is 98.3 Å². The van der Waals surface area contributed by atoms with Gasteiger partial charge in [-0.05, 0) is 38.0 Å². The molecule has 0 aromatic heterocycles. The summed E-state index contributed by atoms with van der Waals surface area (Å²) in [4.78, 5) is 7.00. The standard InChI is InChI=1S/C12H24N4/c1-8-6-9(2)10(3)16(7-8)12(15-13)14-11-4-5-11/h8-11H,4-7,13H2,1-3H3,(H,14,15). The lowest BCUT2D eigenvalue weighted by Gasteiger charge is -2.42. The quantitative estimate of drug-likeness (QED) is 0.306. The second kappa shape index (κ2) is 4.62. The Balaban J connectivity index is 2.09. The Hall–Kier alpha value is -0.770. The van der Waals surface area contributed by atoms with Crippen molar-refractivity contribution < 1.29 is 0 Å². The molecule has 0 aromatic carbocycles. The highest BCUT2D eigenvalue weighted by Crippen LogP contribution is 2.28. The van der Waals surface area contributed by atoms with Crippen molar-refractivity contribution in [3.63, 3.8) is 0 Å². The number of hydrazine groups is 1. The first-order valence-electron chi connectivity index (χ1n) is 6.43. The van der Waals surface area contributed by atoms with Crippen molar-refractivity contribution in [2.24, 2.45) is 22.7 Å². The van der Waals surface area contributed by atoms with E-state index in [0.29, 0.717) is 18.0 Å². The van der Waals surface area contributed by atoms with Gasteiger partial charge in [-0.3, -0.25) is 5.43 Å². The maximum absolute atomic E-state index is 5.61. The van der Waals surface area contributed by atoms with E-state index in [9.17, 15) is 0 Å². The zero-order chi connectivity index (χ0) is 11.7. The fraction of sp³-hybridized carbons (Fsp3) is 0.917. The first-order valence-corrected chi connectivity index (χ1v) is 6.43. The van der Waals surface area contributed by atoms with Crippen LogP contribution in [0.3, 0.4) is 0 Å². The lowest BCUT2D eigenvalue weighted by atomic mass is 9.86. The van der Waals surface area contributed by atoms with E-state index in [1.165, 1.54) is 19.3 Å². The van der Waals surface area contributed by atoms with Crippen molar-refractivity contribution in [2.45, 2.75) is 52.1 Å². The molecule has 3 atom stereocenters. The van der Waals surface area contributed by atoms with Crippen LogP contribution >= 0.6 is 0 Å². The fourth-order valence-corrected chi connectivity index (χ4v) is 2.57. The molecule has 3 N–H and O–H groups in total. The van der Waals surface area contributed by atoms with Crippen molar-refractivity contribution in [1.29, 1.82) is 0 Å². The molecular weight excluding hydrogens is 200 g/mol. The summed E-state index contributed by atoms with van der Waals surface area (Å²) < 4.78 is 0. The van der Waals surface area contributed by atoms with Gasteiger partial charge in [-0.1, -0.05) is 13.8 Å². The Morgan fingerprint density at radius 1 is 1.31 bits per heavy atom. The van der Waals surface area contributed by atoms with Crippen molar-refractivity contribution >= 4 is 5.96 Å². The van der Waals surface area contributed by atoms with E-state index >= 15 is 0 Å². The zero-order valence-corrected chi connectivity index (χ0v) is 10.6. The Morgan fingerprint density at radius 3 is 2.56 bits per heavy atom. The Morgan fingerprint density at radius 2 is 2.00 bits per heavy atom. The van der Waals surface area contributed by atoms with Crippen molar-refractivity contribution in [2.75, 3.05) is 6.54 Å². The molecule has 3 unspecified atom stereocenters. The normalized spacial score (nSPS) is 36.4. The number of hydrogen-bond acceptors (Lipinski definition) is 2. The predicted octanol–water partition coefficient (Wildman–Crippen LogP) is 1.33. The summed E-state index contributed by atoms with van der Waals surface area (Å²) in [6.07, 6.45) is 3.75. The van der Waals surface area contributed by atoms with Crippen LogP contribution < -0.4 is 11.3 Å². The van der Waals surface area contributed by atoms with Crippen LogP contribution in [0.2, 0.25) is 0 Å². The van der Waals surface area contributed by atoms with Gasteiger partial charge in [0.2, 0.25) is 5.96 Å². The first-order chi connectivity index (χ1) is 7.61. The minimum atomic E-state index is 0.519. The highest BCUT2D eigenvalue weighted by molar-refractivity contribution is 5.80. The van der Waals surface area contributed by atoms with E-state index in [2.05, 4.69) is 36.1 Å². The van der Waals surface area contributed by atoms with Gasteiger partial charge in [-0.2, -0.15) is 0 Å². The van der Waals surface area contributed by atoms with E-state index in [0.717, 1.165) is 18.4 Å². The number of aliphatic imine (C=N–C) groups is 1. The molecule has 16 heavy (non-hydrogen) atoms. The molecule has 0 radical (unpaired) electrons. The second-order valence-electron chi connectivity index (χ2n) is 5.54. The van der Waals surface area contributed by atoms with Crippen molar-refractivity contribution in [3.05, 3.63) is 0 Å². The molecule has 0 spiro atoms. The van der Waals surface area contributed by atoms with Gasteiger partial charge in [0.05, 0.1) is 6.04 Å². The van der Waals surface area contributed by atoms with Crippen molar-refractivity contribution in [3.8, 4) is 0 Å². The number of guanidine groups is 1. The van der Waals surface area contributed by atoms with Gasteiger partial charge >= 0.3 is 0 Å². The van der Waals surface area contributed by atoms with Crippen LogP contribution in [-0.4, -0.2) is 29.5 Å². The van der Waals surface area contributed by atoms with Crippen LogP contribution in [0.1, 0.15) is 40.0 Å². The number of nitrogens with two attached hydrogens (primary N) is 1. The van der Waals surface area contributed by atoms with Gasteiger partial charge < -0.3 is 4.90 Å². The van der Waals surface area contributed by atoms with Crippen LogP contribution in [0.15, 0.2) is 4.99 Å². The summed E-state index contributed by atoms with van der Waals surface area (Å²) >= 11 is 0. The highest BCUT2D eigenvalue weighted by Gasteiger charge is 2.32. The summed E-state index contributed by atoms with van der Waals surface area (Å²) in [6, 6.07) is 1.05. The molecule has 1 aliphatic heterocycles. The Kier molecular flexibility index (Phi) is 3.38. The SMILES string of the molecule is CC1CC(C)C(C)N(C(=NC2CC2)NN)C1. The minimum absolute atomic E-state index is 0.519. The number of piperidine rings is 1. The largest absolute Gasteiger partial charge is 0.339 e. The lowest BCUT2D eigenvalue weighted by Crippen LogP contribution is -2.55. The molecule has 0 bridgehead atoms. The van der Waals surface area contributed by atoms with E-state index in [4.69, 9.17) is 5.84 Å². The number of rotatable bonds is 1. The molecule has 2 rings (SSSR count). The molecule has 1 saturated carbocycles. The van der Waals surface area contributed by atoms with Gasteiger partial charge in [-0.15, -0.1) is 0 Å². The zero-order valence-electron chi connectivity index (χ0n) is 10.6. The molecular formula is C12H24N4. The second-order valence-corrected chi connectivity index (χ2v) is 5.54. The molecule has 92 valence electrons. The molecule has 1 heterocycles. The van der Waals surface area contributed by atoms with Crippen LogP contribution in [0.4, 0.5) is 0 Å². The summed E-state index contributed by atoms with van der Waals surface area (Å²) in [6.45, 7) is 7.97. The summed E-state index contributed by atoms with van der Waals surface area (Å²) in [5.74, 6) is 7.94. The summed E-state index contributed by atoms with van der Waals surface area (Å²) in [7, 11) is 0. The highest BCUT2D eigenvalue weighted by atomic mass is 15.4. The topological polar surface area (TPSA) is 53.6 Å². The van der Waals surface area contributed by atoms with E-state index < -0.39 is 0 Å². The third-order valence-electron chi connectivity index (χ3n) is 3.85. The third kappa shape index (κ3) is 2.48. The molecule has 0 aromatic rings. The van der Waals surface area contributed by atoms with Crippen LogP contribution in [0, 0.1) is 11.8 Å². The van der Waals surface area contributed by atoms with Crippen LogP contribution in [-0.2, 0) is 0 Å². The average molecular weight is 224 g/mol. The van der Waals surface area contributed by atoms with Gasteiger partial charge in [0, 0.05) is 12.6 Å². The molecule has 4 nitrogen and oxygen atoms in total. The van der Waals surface area contributed by atoms with Gasteiger partial charge in [-0.25, -0.2) is 10.8 Å². The van der Waals surface area contributed by atoms with E-state index in [1.807, 2.05) is 0 Å². The smallest absolute Gasteiger partial charge is 0.208 e. The molecule has 4 heteroatoms. The number of hydrogen-bond donors (Lipinski definition) is 2. The molecule has 2 fully saturated rings. The molecule has 1 saturated heterocycles. The summed E-state index contributed by atoms with van der Waals surface area (Å²) in [5, 5.41) is 0. The van der Waals surface area contributed by atoms with Crippen molar-refractivity contribution in [1.82, 2.24) is 10.3 Å². The first kappa shape index (κ1) is 11.7. The number of nitrogens with one attached hydrogen (secondary N) is 1. The van der Waals surface area contributed by atoms with Gasteiger partial charge in [0.1, 0.15) is 0 Å². The van der Waals surface area contributed by atoms with Crippen LogP contribution in [0.5, 0.6) is 0 Å². The van der Waals surface area contributed by atoms with Gasteiger partial charge in [0.25, 0.3) is 0 Å². The lowest BCUT2D eigenvalue weighted by molar-refractivity contribution is 0.142. The summed E-state index contributed by atoms with van der Waals surface area (Å²) in [5.41, 5.74) is 2.79. The predicted molar refractivity (Wildman–Crippen MR) is 66.9 cm³/mol. The third-order valence-corrected chi connectivity index (χ3v) is 3.85. The average Bonchev–Trinajstić information content (AvgIpc) is 3.04. The maximum atomic E-state index is 5.61. The molecule has 0 amide bonds. The van der Waals surface area contributed by atoms with E-state index in [-0.39, 0.29) is 0 Å². The maximum Gasteiger partial charge on any atom is 0.208 e. The van der Waals surface area contributed by atoms with E-state index in [1.54, 1.807) is 0 Å². The monoisotopic (exact) mass is 224 g/mol. The minimum Gasteiger partial charge on any atom is -0.339 e.